The molecule has 3 rings (SSSR count). The monoisotopic (exact) mass is 413 g/mol. The molecule has 0 atom stereocenters. The number of benzene rings is 1. The van der Waals surface area contributed by atoms with Gasteiger partial charge in [-0.05, 0) is 31.2 Å². The number of para-hydroxylation sites is 1. The third-order valence-corrected chi connectivity index (χ3v) is 5.07. The van der Waals surface area contributed by atoms with Crippen LogP contribution in [0.1, 0.15) is 18.4 Å². The van der Waals surface area contributed by atoms with Gasteiger partial charge in [0.05, 0.1) is 43.6 Å². The summed E-state index contributed by atoms with van der Waals surface area (Å²) in [6.45, 7) is 2.77. The molecule has 2 amide bonds. The summed E-state index contributed by atoms with van der Waals surface area (Å²) in [5.74, 6) is 1.01. The van der Waals surface area contributed by atoms with Gasteiger partial charge in [0, 0.05) is 12.4 Å². The Bertz CT molecular complexity index is 953. The van der Waals surface area contributed by atoms with Crippen LogP contribution in [0, 0.1) is 0 Å². The number of ether oxygens (including phenoxy) is 1. The number of carbonyl (C=O) groups is 2. The summed E-state index contributed by atoms with van der Waals surface area (Å²) in [6.07, 6.45) is 1.68. The number of furan rings is 1. The molecular formula is C21H23N3O4S. The van der Waals surface area contributed by atoms with Crippen LogP contribution in [0.15, 0.2) is 52.5 Å². The Kier molecular flexibility index (Phi) is 7.02. The van der Waals surface area contributed by atoms with Crippen molar-refractivity contribution in [3.8, 4) is 16.3 Å². The number of rotatable bonds is 9. The van der Waals surface area contributed by atoms with Crippen molar-refractivity contribution in [1.29, 1.82) is 0 Å². The first-order valence-electron chi connectivity index (χ1n) is 9.26. The summed E-state index contributed by atoms with van der Waals surface area (Å²) in [5.41, 5.74) is 1.58. The van der Waals surface area contributed by atoms with Gasteiger partial charge in [-0.1, -0.05) is 12.1 Å². The van der Waals surface area contributed by atoms with E-state index in [2.05, 4.69) is 10.3 Å². The van der Waals surface area contributed by atoms with E-state index in [-0.39, 0.29) is 24.8 Å². The van der Waals surface area contributed by atoms with Crippen LogP contribution < -0.4 is 10.1 Å². The molecule has 2 heterocycles. The van der Waals surface area contributed by atoms with Crippen LogP contribution in [-0.4, -0.2) is 41.9 Å². The Morgan fingerprint density at radius 1 is 1.24 bits per heavy atom. The molecule has 0 aliphatic carbocycles. The van der Waals surface area contributed by atoms with Gasteiger partial charge in [-0.2, -0.15) is 0 Å². The second-order valence-electron chi connectivity index (χ2n) is 6.36. The molecule has 0 fully saturated rings. The molecular weight excluding hydrogens is 390 g/mol. The van der Waals surface area contributed by atoms with E-state index >= 15 is 0 Å². The highest BCUT2D eigenvalue weighted by molar-refractivity contribution is 7.13. The zero-order valence-electron chi connectivity index (χ0n) is 16.4. The fraction of sp³-hybridized carbons (Fsp3) is 0.286. The molecule has 0 aliphatic rings. The normalized spacial score (nSPS) is 10.6. The Balaban J connectivity index is 1.55. The first-order chi connectivity index (χ1) is 14.1. The largest absolute Gasteiger partial charge is 0.493 e. The van der Waals surface area contributed by atoms with Gasteiger partial charge >= 0.3 is 0 Å². The fourth-order valence-corrected chi connectivity index (χ4v) is 3.53. The van der Waals surface area contributed by atoms with E-state index in [0.717, 1.165) is 16.3 Å². The fourth-order valence-electron chi connectivity index (χ4n) is 2.68. The van der Waals surface area contributed by atoms with Crippen LogP contribution >= 0.6 is 11.3 Å². The van der Waals surface area contributed by atoms with Gasteiger partial charge in [0.15, 0.2) is 0 Å². The first-order valence-corrected chi connectivity index (χ1v) is 10.1. The van der Waals surface area contributed by atoms with Crippen molar-refractivity contribution in [3.05, 3.63) is 59.5 Å². The lowest BCUT2D eigenvalue weighted by Crippen LogP contribution is -2.38. The molecule has 0 saturated carbocycles. The van der Waals surface area contributed by atoms with Crippen LogP contribution in [0.25, 0.3) is 10.6 Å². The zero-order chi connectivity index (χ0) is 20.6. The Labute approximate surface area is 173 Å². The lowest BCUT2D eigenvalue weighted by atomic mass is 10.2. The molecule has 3 aromatic rings. The van der Waals surface area contributed by atoms with Crippen molar-refractivity contribution in [1.82, 2.24) is 15.2 Å². The number of likely N-dealkylation sites (N-methyl/N-ethyl adjacent to an activating group) is 1. The van der Waals surface area contributed by atoms with E-state index < -0.39 is 0 Å². The van der Waals surface area contributed by atoms with E-state index in [0.29, 0.717) is 24.6 Å². The van der Waals surface area contributed by atoms with Crippen molar-refractivity contribution < 1.29 is 18.7 Å². The lowest BCUT2D eigenvalue weighted by Gasteiger charge is -2.16. The van der Waals surface area contributed by atoms with Gasteiger partial charge in [-0.25, -0.2) is 4.98 Å². The highest BCUT2D eigenvalue weighted by Crippen LogP contribution is 2.32. The van der Waals surface area contributed by atoms with E-state index in [1.54, 1.807) is 25.4 Å². The van der Waals surface area contributed by atoms with Gasteiger partial charge in [-0.15, -0.1) is 11.3 Å². The summed E-state index contributed by atoms with van der Waals surface area (Å²) in [6, 6.07) is 11.2. The second-order valence-corrected chi connectivity index (χ2v) is 7.21. The summed E-state index contributed by atoms with van der Waals surface area (Å²) in [7, 11) is 1.60. The van der Waals surface area contributed by atoms with Crippen molar-refractivity contribution in [2.75, 3.05) is 20.2 Å². The smallest absolute Gasteiger partial charge is 0.239 e. The third-order valence-electron chi connectivity index (χ3n) is 4.15. The number of nitrogens with zero attached hydrogens (tertiary/aromatic N) is 2. The van der Waals surface area contributed by atoms with E-state index in [1.165, 1.54) is 16.2 Å². The number of hydrogen-bond acceptors (Lipinski definition) is 6. The third kappa shape index (κ3) is 5.68. The minimum Gasteiger partial charge on any atom is -0.493 e. The predicted octanol–water partition coefficient (Wildman–Crippen LogP) is 3.12. The molecule has 0 radical (unpaired) electrons. The molecule has 0 spiro atoms. The molecule has 2 aromatic heterocycles. The minimum absolute atomic E-state index is 0.0241. The molecule has 152 valence electrons. The molecule has 29 heavy (non-hydrogen) atoms. The highest BCUT2D eigenvalue weighted by Gasteiger charge is 2.16. The van der Waals surface area contributed by atoms with E-state index in [4.69, 9.17) is 9.15 Å². The van der Waals surface area contributed by atoms with E-state index in [9.17, 15) is 9.59 Å². The minimum atomic E-state index is -0.248. The number of hydrogen-bond donors (Lipinski definition) is 1. The summed E-state index contributed by atoms with van der Waals surface area (Å²) in [5, 5.41) is 5.39. The lowest BCUT2D eigenvalue weighted by molar-refractivity contribution is -0.134. The molecule has 1 aromatic carbocycles. The number of carbonyl (C=O) groups excluding carboxylic acids is 2. The SMILES string of the molecule is CCOc1ccccc1-c1nc(CC(=O)N(C)CC(=O)NCc2ccco2)cs1. The predicted molar refractivity (Wildman–Crippen MR) is 111 cm³/mol. The molecule has 8 heteroatoms. The molecule has 1 N–H and O–H groups in total. The van der Waals surface area contributed by atoms with Crippen molar-refractivity contribution >= 4 is 23.2 Å². The standard InChI is InChI=1S/C21H23N3O4S/c1-3-27-18-9-5-4-8-17(18)21-23-15(14-29-21)11-20(26)24(2)13-19(25)22-12-16-7-6-10-28-16/h4-10,14H,3,11-13H2,1-2H3,(H,22,25). The average molecular weight is 413 g/mol. The Hall–Kier alpha value is -3.13. The van der Waals surface area contributed by atoms with Crippen LogP contribution in [0.3, 0.4) is 0 Å². The van der Waals surface area contributed by atoms with Crippen LogP contribution in [0.2, 0.25) is 0 Å². The second kappa shape index (κ2) is 9.88. The van der Waals surface area contributed by atoms with Crippen molar-refractivity contribution in [2.24, 2.45) is 0 Å². The van der Waals surface area contributed by atoms with Crippen molar-refractivity contribution in [2.45, 2.75) is 19.9 Å². The summed E-state index contributed by atoms with van der Waals surface area (Å²) >= 11 is 1.47. The molecule has 0 unspecified atom stereocenters. The van der Waals surface area contributed by atoms with Gasteiger partial charge in [0.25, 0.3) is 0 Å². The number of amides is 2. The van der Waals surface area contributed by atoms with E-state index in [1.807, 2.05) is 36.6 Å². The maximum absolute atomic E-state index is 12.5. The number of thiazole rings is 1. The highest BCUT2D eigenvalue weighted by atomic mass is 32.1. The van der Waals surface area contributed by atoms with Crippen molar-refractivity contribution in [3.63, 3.8) is 0 Å². The first kappa shape index (κ1) is 20.6. The summed E-state index contributed by atoms with van der Waals surface area (Å²) < 4.78 is 10.8. The maximum atomic E-state index is 12.5. The number of nitrogens with one attached hydrogen (secondary N) is 1. The van der Waals surface area contributed by atoms with Gasteiger partial charge in [-0.3, -0.25) is 9.59 Å². The molecule has 7 nitrogen and oxygen atoms in total. The Morgan fingerprint density at radius 3 is 2.83 bits per heavy atom. The molecule has 0 bridgehead atoms. The van der Waals surface area contributed by atoms with Crippen LogP contribution in [0.5, 0.6) is 5.75 Å². The van der Waals surface area contributed by atoms with Gasteiger partial charge in [0.1, 0.15) is 16.5 Å². The van der Waals surface area contributed by atoms with Gasteiger partial charge < -0.3 is 19.4 Å². The number of aromatic nitrogens is 1. The Morgan fingerprint density at radius 2 is 2.07 bits per heavy atom. The zero-order valence-corrected chi connectivity index (χ0v) is 17.2. The summed E-state index contributed by atoms with van der Waals surface area (Å²) in [4.78, 5) is 30.4. The molecule has 0 saturated heterocycles. The van der Waals surface area contributed by atoms with Crippen LogP contribution in [0.4, 0.5) is 0 Å². The van der Waals surface area contributed by atoms with Gasteiger partial charge in [0.2, 0.25) is 11.8 Å². The average Bonchev–Trinajstić information content (AvgIpc) is 3.39. The topological polar surface area (TPSA) is 84.7 Å². The molecule has 0 aliphatic heterocycles. The van der Waals surface area contributed by atoms with Crippen LogP contribution in [-0.2, 0) is 22.6 Å². The maximum Gasteiger partial charge on any atom is 0.239 e. The quantitative estimate of drug-likeness (QED) is 0.583.